The highest BCUT2D eigenvalue weighted by molar-refractivity contribution is 6.32. The Morgan fingerprint density at radius 3 is 2.57 bits per heavy atom. The van der Waals surface area contributed by atoms with E-state index in [0.29, 0.717) is 0 Å². The molecule has 0 saturated carbocycles. The minimum Gasteiger partial charge on any atom is -0.456 e. The molecule has 0 fully saturated rings. The van der Waals surface area contributed by atoms with E-state index in [1.807, 2.05) is 18.2 Å². The molecule has 3 aromatic carbocycles. The largest absolute Gasteiger partial charge is 0.456 e. The van der Waals surface area contributed by atoms with Gasteiger partial charge in [0.15, 0.2) is 0 Å². The third kappa shape index (κ3) is 1.53. The highest BCUT2D eigenvalue weighted by Crippen LogP contribution is 2.52. The van der Waals surface area contributed by atoms with Gasteiger partial charge in [0.25, 0.3) is 0 Å². The first kappa shape index (κ1) is 13.0. The van der Waals surface area contributed by atoms with Gasteiger partial charge in [0, 0.05) is 16.2 Å². The van der Waals surface area contributed by atoms with E-state index >= 15 is 0 Å². The first-order valence-corrected chi connectivity index (χ1v) is 7.92. The molecule has 1 nitrogen and oxygen atoms in total. The Morgan fingerprint density at radius 1 is 0.870 bits per heavy atom. The van der Waals surface area contributed by atoms with E-state index in [9.17, 15) is 0 Å². The standard InChI is InChI=1S/C21H15BO/c1-21(2)15-9-10-18-20(14-5-3-4-6-17(14)23-18)19(15)13-8-7-12(22)11-16(13)21/h3-11H,1-2H3. The maximum absolute atomic E-state index is 6.06. The Kier molecular flexibility index (Phi) is 2.31. The van der Waals surface area contributed by atoms with Crippen LogP contribution in [-0.2, 0) is 5.41 Å². The molecular weight excluding hydrogens is 279 g/mol. The van der Waals surface area contributed by atoms with Gasteiger partial charge in [-0.25, -0.2) is 0 Å². The fourth-order valence-corrected chi connectivity index (χ4v) is 4.06. The molecule has 0 aliphatic heterocycles. The topological polar surface area (TPSA) is 13.1 Å². The van der Waals surface area contributed by atoms with E-state index < -0.39 is 0 Å². The van der Waals surface area contributed by atoms with Crippen LogP contribution < -0.4 is 5.46 Å². The Hall–Kier alpha value is -2.48. The molecule has 0 unspecified atom stereocenters. The predicted molar refractivity (Wildman–Crippen MR) is 96.7 cm³/mol. The molecule has 4 aromatic rings. The van der Waals surface area contributed by atoms with Crippen LogP contribution in [0.2, 0.25) is 0 Å². The van der Waals surface area contributed by atoms with Crippen LogP contribution in [0.15, 0.2) is 59.0 Å². The lowest BCUT2D eigenvalue weighted by molar-refractivity contribution is 0.657. The van der Waals surface area contributed by atoms with Crippen LogP contribution in [-0.4, -0.2) is 7.85 Å². The van der Waals surface area contributed by atoms with Crippen LogP contribution in [0.1, 0.15) is 25.0 Å². The van der Waals surface area contributed by atoms with Crippen LogP contribution in [0.5, 0.6) is 0 Å². The zero-order chi connectivity index (χ0) is 15.8. The monoisotopic (exact) mass is 294 g/mol. The Labute approximate surface area is 136 Å². The Balaban J connectivity index is 2.03. The van der Waals surface area contributed by atoms with Gasteiger partial charge >= 0.3 is 0 Å². The van der Waals surface area contributed by atoms with Crippen molar-refractivity contribution in [3.8, 4) is 11.1 Å². The number of benzene rings is 3. The molecule has 2 radical (unpaired) electrons. The quantitative estimate of drug-likeness (QED) is 0.429. The van der Waals surface area contributed by atoms with E-state index in [1.165, 1.54) is 33.0 Å². The second kappa shape index (κ2) is 4.08. The molecule has 0 N–H and O–H groups in total. The first-order chi connectivity index (χ1) is 11.1. The average molecular weight is 294 g/mol. The van der Waals surface area contributed by atoms with Crippen molar-refractivity contribution in [2.24, 2.45) is 0 Å². The van der Waals surface area contributed by atoms with E-state index in [1.54, 1.807) is 0 Å². The van der Waals surface area contributed by atoms with E-state index in [0.717, 1.165) is 16.6 Å². The molecule has 1 aliphatic carbocycles. The third-order valence-corrected chi connectivity index (χ3v) is 5.20. The van der Waals surface area contributed by atoms with Gasteiger partial charge in [0.2, 0.25) is 0 Å². The zero-order valence-corrected chi connectivity index (χ0v) is 13.2. The second-order valence-electron chi connectivity index (χ2n) is 6.89. The van der Waals surface area contributed by atoms with Gasteiger partial charge < -0.3 is 4.42 Å². The molecule has 5 rings (SSSR count). The van der Waals surface area contributed by atoms with Crippen LogP contribution >= 0.6 is 0 Å². The number of hydrogen-bond donors (Lipinski definition) is 0. The van der Waals surface area contributed by atoms with Gasteiger partial charge in [-0.05, 0) is 34.4 Å². The number of para-hydroxylation sites is 1. The summed E-state index contributed by atoms with van der Waals surface area (Å²) in [6.45, 7) is 4.54. The van der Waals surface area contributed by atoms with E-state index in [4.69, 9.17) is 12.3 Å². The zero-order valence-electron chi connectivity index (χ0n) is 13.2. The minimum absolute atomic E-state index is 0.0490. The summed E-state index contributed by atoms with van der Waals surface area (Å²) in [5.41, 5.74) is 7.87. The molecule has 23 heavy (non-hydrogen) atoms. The summed E-state index contributed by atoms with van der Waals surface area (Å²) in [7, 11) is 6.05. The van der Waals surface area contributed by atoms with Gasteiger partial charge in [0.05, 0.1) is 0 Å². The molecule has 1 heterocycles. The summed E-state index contributed by atoms with van der Waals surface area (Å²) in [4.78, 5) is 0. The van der Waals surface area contributed by atoms with Crippen LogP contribution in [0.4, 0.5) is 0 Å². The number of hydrogen-bond acceptors (Lipinski definition) is 1. The number of rotatable bonds is 0. The lowest BCUT2D eigenvalue weighted by atomic mass is 9.80. The van der Waals surface area contributed by atoms with Gasteiger partial charge in [0.1, 0.15) is 19.0 Å². The van der Waals surface area contributed by atoms with Crippen LogP contribution in [0, 0.1) is 0 Å². The van der Waals surface area contributed by atoms with Crippen molar-refractivity contribution in [2.45, 2.75) is 19.3 Å². The molecule has 108 valence electrons. The van der Waals surface area contributed by atoms with E-state index in [2.05, 4.69) is 50.2 Å². The number of fused-ring (bicyclic) bond motifs is 7. The van der Waals surface area contributed by atoms with Crippen LogP contribution in [0.3, 0.4) is 0 Å². The highest BCUT2D eigenvalue weighted by atomic mass is 16.3. The van der Waals surface area contributed by atoms with Crippen molar-refractivity contribution >= 4 is 35.2 Å². The minimum atomic E-state index is -0.0490. The third-order valence-electron chi connectivity index (χ3n) is 5.20. The van der Waals surface area contributed by atoms with Gasteiger partial charge in [-0.3, -0.25) is 0 Å². The highest BCUT2D eigenvalue weighted by Gasteiger charge is 2.37. The summed E-state index contributed by atoms with van der Waals surface area (Å²) < 4.78 is 6.06. The smallest absolute Gasteiger partial charge is 0.136 e. The summed E-state index contributed by atoms with van der Waals surface area (Å²) >= 11 is 0. The summed E-state index contributed by atoms with van der Waals surface area (Å²) in [5.74, 6) is 0. The second-order valence-corrected chi connectivity index (χ2v) is 6.89. The fraction of sp³-hybridized carbons (Fsp3) is 0.143. The maximum Gasteiger partial charge on any atom is 0.136 e. The molecule has 0 spiro atoms. The summed E-state index contributed by atoms with van der Waals surface area (Å²) in [5, 5.41) is 2.40. The van der Waals surface area contributed by atoms with Gasteiger partial charge in [-0.15, -0.1) is 0 Å². The van der Waals surface area contributed by atoms with Gasteiger partial charge in [-0.1, -0.05) is 61.8 Å². The molecule has 2 heteroatoms. The SMILES string of the molecule is [B]c1ccc2c(c1)C(C)(C)c1ccc3oc4ccccc4c3c1-2. The molecular formula is C21H15BO. The maximum atomic E-state index is 6.06. The average Bonchev–Trinajstić information content (AvgIpc) is 3.01. The first-order valence-electron chi connectivity index (χ1n) is 7.92. The van der Waals surface area contributed by atoms with Crippen molar-refractivity contribution in [2.75, 3.05) is 0 Å². The van der Waals surface area contributed by atoms with Crippen molar-refractivity contribution in [1.82, 2.24) is 0 Å². The Bertz CT molecular complexity index is 1100. The van der Waals surface area contributed by atoms with Gasteiger partial charge in [-0.2, -0.15) is 0 Å². The lowest BCUT2D eigenvalue weighted by Gasteiger charge is -2.21. The molecule has 0 amide bonds. The molecule has 0 saturated heterocycles. The molecule has 0 atom stereocenters. The summed E-state index contributed by atoms with van der Waals surface area (Å²) in [6, 6.07) is 18.8. The normalized spacial score (nSPS) is 15.0. The predicted octanol–water partition coefficient (Wildman–Crippen LogP) is 4.69. The Morgan fingerprint density at radius 2 is 1.70 bits per heavy atom. The van der Waals surface area contributed by atoms with Crippen molar-refractivity contribution in [3.05, 3.63) is 65.7 Å². The van der Waals surface area contributed by atoms with Crippen LogP contribution in [0.25, 0.3) is 33.1 Å². The van der Waals surface area contributed by atoms with Crippen molar-refractivity contribution in [3.63, 3.8) is 0 Å². The fourth-order valence-electron chi connectivity index (χ4n) is 4.06. The summed E-state index contributed by atoms with van der Waals surface area (Å²) in [6.07, 6.45) is 0. The van der Waals surface area contributed by atoms with E-state index in [-0.39, 0.29) is 5.41 Å². The number of furan rings is 1. The van der Waals surface area contributed by atoms with Crippen molar-refractivity contribution < 1.29 is 4.42 Å². The molecule has 1 aliphatic rings. The molecule has 0 bridgehead atoms. The lowest BCUT2D eigenvalue weighted by Crippen LogP contribution is -2.17. The molecule has 1 aromatic heterocycles. The van der Waals surface area contributed by atoms with Crippen molar-refractivity contribution in [1.29, 1.82) is 0 Å².